The monoisotopic (exact) mass is 261 g/mol. The van der Waals surface area contributed by atoms with Crippen molar-refractivity contribution in [3.05, 3.63) is 12.4 Å². The van der Waals surface area contributed by atoms with Gasteiger partial charge in [0.2, 0.25) is 0 Å². The topological polar surface area (TPSA) is 44.3 Å². The number of aromatic nitrogens is 2. The summed E-state index contributed by atoms with van der Waals surface area (Å²) in [4.78, 5) is 13.6. The standard InChI is InChI=1S/C14H23N5/c1-18(12-4-2-5-12)13-10-14(17-11-16-13)19-8-3-6-15-7-9-19/h10-12,15H,2-9H2,1H3. The van der Waals surface area contributed by atoms with E-state index in [1.165, 1.54) is 25.7 Å². The largest absolute Gasteiger partial charge is 0.357 e. The number of hydrogen-bond acceptors (Lipinski definition) is 5. The van der Waals surface area contributed by atoms with E-state index in [1.54, 1.807) is 6.33 Å². The minimum absolute atomic E-state index is 0.675. The third-order valence-corrected chi connectivity index (χ3v) is 4.29. The molecule has 2 fully saturated rings. The van der Waals surface area contributed by atoms with Gasteiger partial charge in [-0.2, -0.15) is 0 Å². The Balaban J connectivity index is 1.74. The first kappa shape index (κ1) is 12.7. The second-order valence-corrected chi connectivity index (χ2v) is 5.52. The van der Waals surface area contributed by atoms with Gasteiger partial charge in [0.25, 0.3) is 0 Å². The molecule has 19 heavy (non-hydrogen) atoms. The quantitative estimate of drug-likeness (QED) is 0.887. The van der Waals surface area contributed by atoms with Crippen molar-refractivity contribution in [2.24, 2.45) is 0 Å². The number of nitrogens with zero attached hydrogens (tertiary/aromatic N) is 4. The van der Waals surface area contributed by atoms with E-state index in [0.29, 0.717) is 6.04 Å². The summed E-state index contributed by atoms with van der Waals surface area (Å²) in [7, 11) is 2.15. The van der Waals surface area contributed by atoms with E-state index >= 15 is 0 Å². The molecule has 1 aliphatic heterocycles. The van der Waals surface area contributed by atoms with E-state index in [9.17, 15) is 0 Å². The zero-order chi connectivity index (χ0) is 13.1. The van der Waals surface area contributed by atoms with Crippen LogP contribution in [0, 0.1) is 0 Å². The fourth-order valence-electron chi connectivity index (χ4n) is 2.74. The summed E-state index contributed by atoms with van der Waals surface area (Å²) in [6.07, 6.45) is 6.83. The molecule has 0 unspecified atom stereocenters. The molecule has 1 saturated carbocycles. The van der Waals surface area contributed by atoms with E-state index in [-0.39, 0.29) is 0 Å². The molecule has 104 valence electrons. The Morgan fingerprint density at radius 1 is 1.21 bits per heavy atom. The van der Waals surface area contributed by atoms with Gasteiger partial charge in [0.1, 0.15) is 18.0 Å². The summed E-state index contributed by atoms with van der Waals surface area (Å²) >= 11 is 0. The number of hydrogen-bond donors (Lipinski definition) is 1. The number of nitrogens with one attached hydrogen (secondary N) is 1. The van der Waals surface area contributed by atoms with Crippen molar-refractivity contribution >= 4 is 11.6 Å². The van der Waals surface area contributed by atoms with Crippen LogP contribution in [0.15, 0.2) is 12.4 Å². The van der Waals surface area contributed by atoms with Crippen molar-refractivity contribution < 1.29 is 0 Å². The smallest absolute Gasteiger partial charge is 0.134 e. The van der Waals surface area contributed by atoms with Gasteiger partial charge in [-0.3, -0.25) is 0 Å². The molecule has 0 radical (unpaired) electrons. The maximum Gasteiger partial charge on any atom is 0.134 e. The summed E-state index contributed by atoms with van der Waals surface area (Å²) in [6, 6.07) is 2.82. The second kappa shape index (κ2) is 5.74. The molecule has 0 spiro atoms. The summed E-state index contributed by atoms with van der Waals surface area (Å²) < 4.78 is 0. The highest BCUT2D eigenvalue weighted by Crippen LogP contribution is 2.28. The Morgan fingerprint density at radius 2 is 2.11 bits per heavy atom. The second-order valence-electron chi connectivity index (χ2n) is 5.52. The molecule has 0 aromatic carbocycles. The van der Waals surface area contributed by atoms with Crippen LogP contribution in [0.2, 0.25) is 0 Å². The molecule has 1 saturated heterocycles. The van der Waals surface area contributed by atoms with Crippen molar-refractivity contribution in [3.8, 4) is 0 Å². The van der Waals surface area contributed by atoms with Crippen LogP contribution in [-0.2, 0) is 0 Å². The summed E-state index contributed by atoms with van der Waals surface area (Å²) in [6.45, 7) is 4.26. The summed E-state index contributed by atoms with van der Waals surface area (Å²) in [5.74, 6) is 2.13. The SMILES string of the molecule is CN(c1cc(N2CCCNCC2)ncn1)C1CCC1. The lowest BCUT2D eigenvalue weighted by molar-refractivity contribution is 0.399. The van der Waals surface area contributed by atoms with E-state index in [4.69, 9.17) is 0 Å². The Morgan fingerprint density at radius 3 is 2.89 bits per heavy atom. The van der Waals surface area contributed by atoms with Gasteiger partial charge >= 0.3 is 0 Å². The van der Waals surface area contributed by atoms with Gasteiger partial charge in [0.15, 0.2) is 0 Å². The lowest BCUT2D eigenvalue weighted by Crippen LogP contribution is -2.38. The normalized spacial score (nSPS) is 20.8. The van der Waals surface area contributed by atoms with Crippen LogP contribution in [-0.4, -0.2) is 49.2 Å². The predicted octanol–water partition coefficient (Wildman–Crippen LogP) is 1.26. The molecular formula is C14H23N5. The first-order chi connectivity index (χ1) is 9.34. The Hall–Kier alpha value is -1.36. The fraction of sp³-hybridized carbons (Fsp3) is 0.714. The van der Waals surface area contributed by atoms with Gasteiger partial charge in [0.05, 0.1) is 0 Å². The Bertz CT molecular complexity index is 410. The highest BCUT2D eigenvalue weighted by Gasteiger charge is 2.23. The Labute approximate surface area is 115 Å². The van der Waals surface area contributed by atoms with Gasteiger partial charge in [-0.25, -0.2) is 9.97 Å². The highest BCUT2D eigenvalue weighted by atomic mass is 15.2. The van der Waals surface area contributed by atoms with E-state index in [0.717, 1.165) is 37.8 Å². The molecule has 0 amide bonds. The molecule has 1 aromatic heterocycles. The predicted molar refractivity (Wildman–Crippen MR) is 77.8 cm³/mol. The molecule has 3 rings (SSSR count). The number of anilines is 2. The van der Waals surface area contributed by atoms with E-state index in [1.807, 2.05) is 0 Å². The van der Waals surface area contributed by atoms with Gasteiger partial charge in [-0.05, 0) is 32.2 Å². The van der Waals surface area contributed by atoms with Crippen molar-refractivity contribution in [3.63, 3.8) is 0 Å². The Kier molecular flexibility index (Phi) is 3.82. The van der Waals surface area contributed by atoms with Gasteiger partial charge < -0.3 is 15.1 Å². The first-order valence-electron chi connectivity index (χ1n) is 7.35. The zero-order valence-electron chi connectivity index (χ0n) is 11.7. The molecule has 2 heterocycles. The van der Waals surface area contributed by atoms with E-state index in [2.05, 4.69) is 38.2 Å². The maximum atomic E-state index is 4.45. The fourth-order valence-corrected chi connectivity index (χ4v) is 2.74. The molecule has 0 bridgehead atoms. The van der Waals surface area contributed by atoms with Crippen LogP contribution < -0.4 is 15.1 Å². The van der Waals surface area contributed by atoms with Crippen LogP contribution in [0.4, 0.5) is 11.6 Å². The van der Waals surface area contributed by atoms with Crippen molar-refractivity contribution in [1.29, 1.82) is 0 Å². The van der Waals surface area contributed by atoms with Crippen LogP contribution in [0.25, 0.3) is 0 Å². The molecule has 5 nitrogen and oxygen atoms in total. The molecule has 1 aromatic rings. The number of rotatable bonds is 3. The van der Waals surface area contributed by atoms with Crippen LogP contribution in [0.3, 0.4) is 0 Å². The van der Waals surface area contributed by atoms with Crippen LogP contribution in [0.5, 0.6) is 0 Å². The minimum Gasteiger partial charge on any atom is -0.357 e. The maximum absolute atomic E-state index is 4.45. The van der Waals surface area contributed by atoms with Crippen LogP contribution >= 0.6 is 0 Å². The lowest BCUT2D eigenvalue weighted by Gasteiger charge is -2.35. The van der Waals surface area contributed by atoms with Crippen LogP contribution in [0.1, 0.15) is 25.7 Å². The summed E-state index contributed by atoms with van der Waals surface area (Å²) in [5.41, 5.74) is 0. The molecule has 1 aliphatic carbocycles. The van der Waals surface area contributed by atoms with Crippen molar-refractivity contribution in [2.45, 2.75) is 31.7 Å². The van der Waals surface area contributed by atoms with Gasteiger partial charge in [-0.1, -0.05) is 0 Å². The average Bonchev–Trinajstić information content (AvgIpc) is 2.65. The highest BCUT2D eigenvalue weighted by molar-refractivity contribution is 5.50. The third-order valence-electron chi connectivity index (χ3n) is 4.29. The molecule has 2 aliphatic rings. The first-order valence-corrected chi connectivity index (χ1v) is 7.35. The van der Waals surface area contributed by atoms with Crippen molar-refractivity contribution in [1.82, 2.24) is 15.3 Å². The van der Waals surface area contributed by atoms with Crippen molar-refractivity contribution in [2.75, 3.05) is 43.0 Å². The minimum atomic E-state index is 0.675. The molecule has 5 heteroatoms. The average molecular weight is 261 g/mol. The third kappa shape index (κ3) is 2.81. The summed E-state index contributed by atoms with van der Waals surface area (Å²) in [5, 5.41) is 3.43. The van der Waals surface area contributed by atoms with E-state index < -0.39 is 0 Å². The lowest BCUT2D eigenvalue weighted by atomic mass is 9.92. The molecular weight excluding hydrogens is 238 g/mol. The van der Waals surface area contributed by atoms with Gasteiger partial charge in [0, 0.05) is 38.8 Å². The molecule has 0 atom stereocenters. The molecule has 1 N–H and O–H groups in total. The van der Waals surface area contributed by atoms with Gasteiger partial charge in [-0.15, -0.1) is 0 Å². The zero-order valence-corrected chi connectivity index (χ0v) is 11.7.